The van der Waals surface area contributed by atoms with Crippen LogP contribution in [0.4, 0.5) is 5.82 Å². The molecule has 0 atom stereocenters. The summed E-state index contributed by atoms with van der Waals surface area (Å²) in [6.07, 6.45) is 5.60. The number of hydroxylamine groups is 1. The van der Waals surface area contributed by atoms with Crippen molar-refractivity contribution in [1.82, 2.24) is 9.97 Å². The summed E-state index contributed by atoms with van der Waals surface area (Å²) in [7, 11) is 1.64. The lowest BCUT2D eigenvalue weighted by atomic mass is 9.97. The van der Waals surface area contributed by atoms with Crippen LogP contribution in [0.15, 0.2) is 24.3 Å². The van der Waals surface area contributed by atoms with Crippen molar-refractivity contribution >= 4 is 44.9 Å². The Balaban J connectivity index is 1.75. The van der Waals surface area contributed by atoms with E-state index in [-0.39, 0.29) is 6.42 Å². The Morgan fingerprint density at radius 2 is 2.13 bits per heavy atom. The third-order valence-corrected chi connectivity index (χ3v) is 6.73. The Labute approximate surface area is 184 Å². The maximum Gasteiger partial charge on any atom is 0.303 e. The lowest BCUT2D eigenvalue weighted by molar-refractivity contribution is -0.137. The normalized spacial score (nSPS) is 13.4. The van der Waals surface area contributed by atoms with E-state index in [4.69, 9.17) is 31.5 Å². The summed E-state index contributed by atoms with van der Waals surface area (Å²) in [5.41, 5.74) is 2.36. The van der Waals surface area contributed by atoms with Crippen molar-refractivity contribution in [2.45, 2.75) is 51.5 Å². The van der Waals surface area contributed by atoms with Crippen LogP contribution < -0.4 is 5.06 Å². The van der Waals surface area contributed by atoms with Gasteiger partial charge < -0.3 is 5.11 Å². The molecule has 0 unspecified atom stereocenters. The third-order valence-electron chi connectivity index (χ3n) is 5.30. The maximum absolute atomic E-state index is 10.9. The summed E-state index contributed by atoms with van der Waals surface area (Å²) in [5, 5.41) is 12.5. The van der Waals surface area contributed by atoms with Gasteiger partial charge in [-0.15, -0.1) is 11.3 Å². The number of carboxylic acids is 1. The van der Waals surface area contributed by atoms with Crippen LogP contribution in [0.2, 0.25) is 5.02 Å². The molecule has 0 bridgehead atoms. The quantitative estimate of drug-likeness (QED) is 0.480. The second-order valence-electron chi connectivity index (χ2n) is 7.45. The van der Waals surface area contributed by atoms with Crippen molar-refractivity contribution in [3.8, 4) is 0 Å². The molecule has 6 nitrogen and oxygen atoms in total. The van der Waals surface area contributed by atoms with Crippen molar-refractivity contribution < 1.29 is 14.7 Å². The van der Waals surface area contributed by atoms with Crippen LogP contribution in [0.25, 0.3) is 10.2 Å². The van der Waals surface area contributed by atoms with Crippen molar-refractivity contribution in [3.63, 3.8) is 0 Å². The average Bonchev–Trinajstić information content (AvgIpc) is 3.10. The number of aromatic nitrogens is 2. The number of rotatable bonds is 8. The number of hydrogen-bond donors (Lipinski definition) is 1. The number of aryl methyl sites for hydroxylation is 3. The van der Waals surface area contributed by atoms with E-state index in [1.807, 2.05) is 24.3 Å². The van der Waals surface area contributed by atoms with E-state index < -0.39 is 5.97 Å². The lowest BCUT2D eigenvalue weighted by Crippen LogP contribution is -2.23. The van der Waals surface area contributed by atoms with Gasteiger partial charge in [0.05, 0.1) is 19.0 Å². The van der Waals surface area contributed by atoms with E-state index in [9.17, 15) is 4.79 Å². The van der Waals surface area contributed by atoms with Crippen LogP contribution in [0, 0.1) is 0 Å². The highest BCUT2D eigenvalue weighted by molar-refractivity contribution is 7.19. The van der Waals surface area contributed by atoms with Gasteiger partial charge in [-0.2, -0.15) is 0 Å². The zero-order valence-corrected chi connectivity index (χ0v) is 18.4. The molecule has 1 N–H and O–H groups in total. The highest BCUT2D eigenvalue weighted by atomic mass is 35.5. The molecule has 2 heterocycles. The minimum atomic E-state index is -0.803. The Bertz CT molecular complexity index is 1070. The molecule has 0 spiro atoms. The number of benzene rings is 1. The molecule has 4 rings (SSSR count). The Hall–Kier alpha value is -2.22. The molecular weight excluding hydrogens is 422 g/mol. The molecule has 30 heavy (non-hydrogen) atoms. The molecule has 0 radical (unpaired) electrons. The van der Waals surface area contributed by atoms with Crippen LogP contribution in [-0.4, -0.2) is 28.2 Å². The second-order valence-corrected chi connectivity index (χ2v) is 8.97. The summed E-state index contributed by atoms with van der Waals surface area (Å²) in [6, 6.07) is 7.70. The van der Waals surface area contributed by atoms with Gasteiger partial charge in [-0.3, -0.25) is 9.63 Å². The predicted molar refractivity (Wildman–Crippen MR) is 119 cm³/mol. The molecule has 158 valence electrons. The van der Waals surface area contributed by atoms with E-state index in [2.05, 4.69) is 0 Å². The summed E-state index contributed by atoms with van der Waals surface area (Å²) in [5.74, 6) is 0.611. The maximum atomic E-state index is 10.9. The Morgan fingerprint density at radius 1 is 1.30 bits per heavy atom. The fourth-order valence-electron chi connectivity index (χ4n) is 3.90. The Morgan fingerprint density at radius 3 is 2.90 bits per heavy atom. The van der Waals surface area contributed by atoms with Crippen molar-refractivity contribution in [2.24, 2.45) is 0 Å². The van der Waals surface area contributed by atoms with Gasteiger partial charge >= 0.3 is 5.97 Å². The SMILES string of the molecule is CON(Cc1cccc(Cl)c1)c1nc(CCCC(=O)O)nc2sc3c(c12)CCCC3. The lowest BCUT2D eigenvalue weighted by Gasteiger charge is -2.23. The van der Waals surface area contributed by atoms with Crippen LogP contribution in [0.1, 0.15) is 47.5 Å². The van der Waals surface area contributed by atoms with Gasteiger partial charge in [0.1, 0.15) is 10.7 Å². The summed E-state index contributed by atoms with van der Waals surface area (Å²) in [6.45, 7) is 0.502. The summed E-state index contributed by atoms with van der Waals surface area (Å²) < 4.78 is 0. The highest BCUT2D eigenvalue weighted by Gasteiger charge is 2.24. The van der Waals surface area contributed by atoms with Gasteiger partial charge in [0, 0.05) is 22.7 Å². The summed E-state index contributed by atoms with van der Waals surface area (Å²) >= 11 is 7.90. The van der Waals surface area contributed by atoms with Crippen molar-refractivity contribution in [2.75, 3.05) is 12.2 Å². The number of fused-ring (bicyclic) bond motifs is 3. The number of nitrogens with zero attached hydrogens (tertiary/aromatic N) is 3. The predicted octanol–water partition coefficient (Wildman–Crippen LogP) is 5.20. The van der Waals surface area contributed by atoms with Crippen LogP contribution in [0.5, 0.6) is 0 Å². The van der Waals surface area contributed by atoms with E-state index in [1.54, 1.807) is 23.5 Å². The smallest absolute Gasteiger partial charge is 0.303 e. The average molecular weight is 446 g/mol. The van der Waals surface area contributed by atoms with Gasteiger partial charge in [0.2, 0.25) is 0 Å². The first kappa shape index (κ1) is 21.0. The number of aliphatic carboxylic acids is 1. The number of thiophene rings is 1. The highest BCUT2D eigenvalue weighted by Crippen LogP contribution is 2.40. The molecule has 1 aliphatic carbocycles. The minimum absolute atomic E-state index is 0.105. The molecule has 3 aromatic rings. The van der Waals surface area contributed by atoms with E-state index >= 15 is 0 Å². The van der Waals surface area contributed by atoms with Gasteiger partial charge in [-0.1, -0.05) is 23.7 Å². The van der Waals surface area contributed by atoms with Crippen LogP contribution in [-0.2, 0) is 35.4 Å². The first-order valence-corrected chi connectivity index (χ1v) is 11.3. The first-order valence-electron chi connectivity index (χ1n) is 10.1. The summed E-state index contributed by atoms with van der Waals surface area (Å²) in [4.78, 5) is 28.6. The standard InChI is InChI=1S/C22H24ClN3O3S/c1-29-26(13-14-6-4-7-15(23)12-14)21-20-16-8-2-3-9-17(16)30-22(20)25-18(24-21)10-5-11-19(27)28/h4,6-7,12H,2-3,5,8-11,13H2,1H3,(H,27,28). The van der Waals surface area contributed by atoms with E-state index in [1.165, 1.54) is 23.3 Å². The molecule has 0 fully saturated rings. The monoisotopic (exact) mass is 445 g/mol. The first-order chi connectivity index (χ1) is 14.5. The molecule has 0 aliphatic heterocycles. The van der Waals surface area contributed by atoms with Gasteiger partial charge in [-0.25, -0.2) is 15.0 Å². The fourth-order valence-corrected chi connectivity index (χ4v) is 5.39. The molecule has 1 aromatic carbocycles. The van der Waals surface area contributed by atoms with E-state index in [0.717, 1.165) is 34.4 Å². The van der Waals surface area contributed by atoms with Crippen LogP contribution in [0.3, 0.4) is 0 Å². The zero-order valence-electron chi connectivity index (χ0n) is 16.9. The number of halogens is 1. The van der Waals surface area contributed by atoms with Crippen molar-refractivity contribution in [3.05, 3.63) is 51.1 Å². The van der Waals surface area contributed by atoms with Gasteiger partial charge in [-0.05, 0) is 55.4 Å². The number of hydrogen-bond acceptors (Lipinski definition) is 6. The number of anilines is 1. The molecule has 0 amide bonds. The second kappa shape index (κ2) is 9.29. The molecule has 2 aromatic heterocycles. The minimum Gasteiger partial charge on any atom is -0.481 e. The molecule has 1 aliphatic rings. The zero-order chi connectivity index (χ0) is 21.1. The fraction of sp³-hybridized carbons (Fsp3) is 0.409. The molecule has 0 saturated heterocycles. The topological polar surface area (TPSA) is 75.5 Å². The molecule has 0 saturated carbocycles. The molecular formula is C22H24ClN3O3S. The van der Waals surface area contributed by atoms with Gasteiger partial charge in [0.25, 0.3) is 0 Å². The van der Waals surface area contributed by atoms with Crippen LogP contribution >= 0.6 is 22.9 Å². The molecule has 8 heteroatoms. The Kier molecular flexibility index (Phi) is 6.51. The largest absolute Gasteiger partial charge is 0.481 e. The van der Waals surface area contributed by atoms with Crippen molar-refractivity contribution in [1.29, 1.82) is 0 Å². The van der Waals surface area contributed by atoms with Gasteiger partial charge in [0.15, 0.2) is 5.82 Å². The number of carboxylic acid groups (broad SMARTS) is 1. The number of carbonyl (C=O) groups is 1. The van der Waals surface area contributed by atoms with E-state index in [0.29, 0.717) is 30.2 Å². The third kappa shape index (κ3) is 4.58.